The molecule has 18 heavy (non-hydrogen) atoms. The molecule has 1 aromatic heterocycles. The van der Waals surface area contributed by atoms with Gasteiger partial charge in [0.2, 0.25) is 0 Å². The Morgan fingerprint density at radius 3 is 2.50 bits per heavy atom. The highest BCUT2D eigenvalue weighted by Gasteiger charge is 2.26. The Labute approximate surface area is 109 Å². The molecule has 1 atom stereocenters. The van der Waals surface area contributed by atoms with E-state index in [4.69, 9.17) is 11.6 Å². The molecule has 7 heteroatoms. The molecule has 0 fully saturated rings. The molecular formula is C11H17ClF3N3. The maximum atomic E-state index is 12.0. The first-order chi connectivity index (χ1) is 8.20. The summed E-state index contributed by atoms with van der Waals surface area (Å²) < 4.78 is 37.5. The van der Waals surface area contributed by atoms with Crippen LogP contribution in [-0.4, -0.2) is 29.0 Å². The van der Waals surface area contributed by atoms with Gasteiger partial charge in [-0.3, -0.25) is 4.68 Å². The number of nitrogens with zero attached hydrogens (tertiary/aromatic N) is 2. The second kappa shape index (κ2) is 5.93. The fraction of sp³-hybridized carbons (Fsp3) is 0.727. The molecule has 1 heterocycles. The van der Waals surface area contributed by atoms with Gasteiger partial charge in [0.25, 0.3) is 0 Å². The zero-order valence-electron chi connectivity index (χ0n) is 10.6. The maximum absolute atomic E-state index is 12.0. The van der Waals surface area contributed by atoms with Gasteiger partial charge < -0.3 is 5.32 Å². The molecule has 0 aliphatic heterocycles. The zero-order chi connectivity index (χ0) is 13.9. The number of aromatic nitrogens is 2. The molecule has 3 nitrogen and oxygen atoms in total. The number of halogens is 4. The Hall–Kier alpha value is -0.750. The van der Waals surface area contributed by atoms with Crippen molar-refractivity contribution < 1.29 is 13.2 Å². The van der Waals surface area contributed by atoms with Gasteiger partial charge in [0.05, 0.1) is 12.2 Å². The molecule has 0 aliphatic rings. The fourth-order valence-electron chi connectivity index (χ4n) is 1.79. The van der Waals surface area contributed by atoms with Crippen LogP contribution in [0, 0.1) is 12.8 Å². The van der Waals surface area contributed by atoms with Crippen molar-refractivity contribution in [2.45, 2.75) is 26.4 Å². The molecule has 0 saturated carbocycles. The fourth-order valence-corrected chi connectivity index (χ4v) is 2.04. The van der Waals surface area contributed by atoms with Gasteiger partial charge in [-0.2, -0.15) is 18.3 Å². The summed E-state index contributed by atoms with van der Waals surface area (Å²) >= 11 is 6.06. The molecule has 0 spiro atoms. The summed E-state index contributed by atoms with van der Waals surface area (Å²) in [6.07, 6.45) is -3.55. The van der Waals surface area contributed by atoms with E-state index in [2.05, 4.69) is 10.4 Å². The SMILES string of the molecule is Cc1nn(C)c(Cl)c1CC(C)CNCC(F)(F)F. The highest BCUT2D eigenvalue weighted by molar-refractivity contribution is 6.30. The Morgan fingerprint density at radius 1 is 1.44 bits per heavy atom. The van der Waals surface area contributed by atoms with Gasteiger partial charge in [0.15, 0.2) is 0 Å². The lowest BCUT2D eigenvalue weighted by Crippen LogP contribution is -2.32. The third-order valence-electron chi connectivity index (χ3n) is 2.64. The van der Waals surface area contributed by atoms with E-state index in [9.17, 15) is 13.2 Å². The highest BCUT2D eigenvalue weighted by atomic mass is 35.5. The first-order valence-corrected chi connectivity index (χ1v) is 6.04. The number of hydrogen-bond acceptors (Lipinski definition) is 2. The quantitative estimate of drug-likeness (QED) is 0.900. The van der Waals surface area contributed by atoms with E-state index < -0.39 is 12.7 Å². The van der Waals surface area contributed by atoms with Crippen molar-refractivity contribution in [3.63, 3.8) is 0 Å². The van der Waals surface area contributed by atoms with Crippen LogP contribution in [0.2, 0.25) is 5.15 Å². The summed E-state index contributed by atoms with van der Waals surface area (Å²) in [5.41, 5.74) is 1.73. The predicted octanol–water partition coefficient (Wildman–Crippen LogP) is 2.71. The zero-order valence-corrected chi connectivity index (χ0v) is 11.4. The van der Waals surface area contributed by atoms with Gasteiger partial charge in [-0.15, -0.1) is 0 Å². The smallest absolute Gasteiger partial charge is 0.308 e. The molecule has 0 bridgehead atoms. The average Bonchev–Trinajstić information content (AvgIpc) is 2.43. The van der Waals surface area contributed by atoms with Gasteiger partial charge in [-0.25, -0.2) is 0 Å². The highest BCUT2D eigenvalue weighted by Crippen LogP contribution is 2.22. The summed E-state index contributed by atoms with van der Waals surface area (Å²) in [6.45, 7) is 3.06. The lowest BCUT2D eigenvalue weighted by Gasteiger charge is -2.13. The van der Waals surface area contributed by atoms with Gasteiger partial charge in [-0.05, 0) is 25.8 Å². The molecule has 1 N–H and O–H groups in total. The molecule has 0 saturated heterocycles. The monoisotopic (exact) mass is 283 g/mol. The van der Waals surface area contributed by atoms with Crippen LogP contribution in [0.25, 0.3) is 0 Å². The van der Waals surface area contributed by atoms with Crippen LogP contribution in [-0.2, 0) is 13.5 Å². The first kappa shape index (κ1) is 15.3. The summed E-state index contributed by atoms with van der Waals surface area (Å²) in [7, 11) is 1.74. The van der Waals surface area contributed by atoms with E-state index in [1.54, 1.807) is 11.7 Å². The van der Waals surface area contributed by atoms with Crippen molar-refractivity contribution in [2.24, 2.45) is 13.0 Å². The molecule has 1 rings (SSSR count). The summed E-state index contributed by atoms with van der Waals surface area (Å²) in [5, 5.41) is 7.11. The Bertz CT molecular complexity index is 401. The number of alkyl halides is 3. The van der Waals surface area contributed by atoms with E-state index in [0.29, 0.717) is 18.1 Å². The summed E-state index contributed by atoms with van der Waals surface area (Å²) in [6, 6.07) is 0. The van der Waals surface area contributed by atoms with E-state index in [1.807, 2.05) is 13.8 Å². The van der Waals surface area contributed by atoms with Crippen molar-refractivity contribution >= 4 is 11.6 Å². The van der Waals surface area contributed by atoms with Crippen LogP contribution in [0.5, 0.6) is 0 Å². The number of aryl methyl sites for hydroxylation is 2. The topological polar surface area (TPSA) is 29.9 Å². The van der Waals surface area contributed by atoms with E-state index in [1.165, 1.54) is 0 Å². The maximum Gasteiger partial charge on any atom is 0.401 e. The normalized spacial score (nSPS) is 13.9. The largest absolute Gasteiger partial charge is 0.401 e. The van der Waals surface area contributed by atoms with E-state index >= 15 is 0 Å². The molecule has 0 aliphatic carbocycles. The second-order valence-corrected chi connectivity index (χ2v) is 4.89. The van der Waals surface area contributed by atoms with E-state index in [-0.39, 0.29) is 5.92 Å². The van der Waals surface area contributed by atoms with Gasteiger partial charge in [0, 0.05) is 12.6 Å². The van der Waals surface area contributed by atoms with Crippen LogP contribution in [0.15, 0.2) is 0 Å². The van der Waals surface area contributed by atoms with Gasteiger partial charge in [0.1, 0.15) is 5.15 Å². The van der Waals surface area contributed by atoms with Crippen molar-refractivity contribution in [1.82, 2.24) is 15.1 Å². The van der Waals surface area contributed by atoms with Crippen LogP contribution < -0.4 is 5.32 Å². The average molecular weight is 284 g/mol. The minimum absolute atomic E-state index is 0.0627. The number of nitrogens with one attached hydrogen (secondary N) is 1. The van der Waals surface area contributed by atoms with E-state index in [0.717, 1.165) is 11.3 Å². The molecular weight excluding hydrogens is 267 g/mol. The van der Waals surface area contributed by atoms with Crippen molar-refractivity contribution in [3.05, 3.63) is 16.4 Å². The standard InChI is InChI=1S/C11H17ClF3N3/c1-7(5-16-6-11(13,14)15)4-9-8(2)17-18(3)10(9)12/h7,16H,4-6H2,1-3H3. The number of rotatable bonds is 5. The third kappa shape index (κ3) is 4.49. The lowest BCUT2D eigenvalue weighted by atomic mass is 10.0. The molecule has 0 aromatic carbocycles. The Morgan fingerprint density at radius 2 is 2.06 bits per heavy atom. The second-order valence-electron chi connectivity index (χ2n) is 4.53. The third-order valence-corrected chi connectivity index (χ3v) is 3.11. The summed E-state index contributed by atoms with van der Waals surface area (Å²) in [5.74, 6) is 0.0627. The van der Waals surface area contributed by atoms with Crippen molar-refractivity contribution in [2.75, 3.05) is 13.1 Å². The lowest BCUT2D eigenvalue weighted by molar-refractivity contribution is -0.125. The first-order valence-electron chi connectivity index (χ1n) is 5.66. The molecule has 1 unspecified atom stereocenters. The Balaban J connectivity index is 2.47. The summed E-state index contributed by atoms with van der Waals surface area (Å²) in [4.78, 5) is 0. The predicted molar refractivity (Wildman–Crippen MR) is 64.7 cm³/mol. The minimum Gasteiger partial charge on any atom is -0.308 e. The minimum atomic E-state index is -4.17. The number of hydrogen-bond donors (Lipinski definition) is 1. The van der Waals surface area contributed by atoms with Crippen LogP contribution in [0.1, 0.15) is 18.2 Å². The van der Waals surface area contributed by atoms with Crippen LogP contribution in [0.3, 0.4) is 0 Å². The Kier molecular flexibility index (Phi) is 5.04. The molecule has 104 valence electrons. The van der Waals surface area contributed by atoms with Gasteiger partial charge >= 0.3 is 6.18 Å². The van der Waals surface area contributed by atoms with Crippen molar-refractivity contribution in [1.29, 1.82) is 0 Å². The van der Waals surface area contributed by atoms with Gasteiger partial charge in [-0.1, -0.05) is 18.5 Å². The molecule has 0 amide bonds. The molecule has 1 aromatic rings. The molecule has 0 radical (unpaired) electrons. The van der Waals surface area contributed by atoms with Crippen LogP contribution >= 0.6 is 11.6 Å². The van der Waals surface area contributed by atoms with Crippen LogP contribution in [0.4, 0.5) is 13.2 Å². The van der Waals surface area contributed by atoms with Crippen molar-refractivity contribution in [3.8, 4) is 0 Å².